The average Bonchev–Trinajstić information content (AvgIpc) is 2.75. The van der Waals surface area contributed by atoms with E-state index in [0.29, 0.717) is 19.4 Å². The Morgan fingerprint density at radius 1 is 1.44 bits per heavy atom. The van der Waals surface area contributed by atoms with Crippen molar-refractivity contribution in [3.63, 3.8) is 0 Å². The first-order chi connectivity index (χ1) is 8.50. The maximum atomic E-state index is 12.0. The van der Waals surface area contributed by atoms with Gasteiger partial charge in [0.1, 0.15) is 5.02 Å². The van der Waals surface area contributed by atoms with Gasteiger partial charge in [-0.05, 0) is 18.6 Å². The summed E-state index contributed by atoms with van der Waals surface area (Å²) in [5.41, 5.74) is -0.240. The van der Waals surface area contributed by atoms with Crippen LogP contribution < -0.4 is 0 Å². The molecule has 0 bridgehead atoms. The zero-order valence-electron chi connectivity index (χ0n) is 9.26. The molecule has 1 saturated heterocycles. The van der Waals surface area contributed by atoms with Gasteiger partial charge in [-0.1, -0.05) is 11.6 Å². The Hall–Kier alpha value is -1.95. The highest BCUT2D eigenvalue weighted by Crippen LogP contribution is 2.26. The molecule has 0 aromatic heterocycles. The maximum absolute atomic E-state index is 12.0. The van der Waals surface area contributed by atoms with Gasteiger partial charge in [-0.2, -0.15) is 0 Å². The molecule has 2 amide bonds. The topological polar surface area (TPSA) is 80.5 Å². The molecule has 0 spiro atoms. The van der Waals surface area contributed by atoms with Gasteiger partial charge in [0.15, 0.2) is 0 Å². The quantitative estimate of drug-likeness (QED) is 0.467. The van der Waals surface area contributed by atoms with Gasteiger partial charge < -0.3 is 0 Å². The van der Waals surface area contributed by atoms with E-state index >= 15 is 0 Å². The highest BCUT2D eigenvalue weighted by Gasteiger charge is 2.28. The standard InChI is InChI=1S/C11H9ClN2O4/c12-8-4-3-7(6-9(8)14(17)18)11(16)13-5-1-2-10(13)15/h3-4,6H,1-2,5H2. The fraction of sp³-hybridized carbons (Fsp3) is 0.273. The van der Waals surface area contributed by atoms with Crippen molar-refractivity contribution in [1.29, 1.82) is 0 Å². The number of halogens is 1. The van der Waals surface area contributed by atoms with Crippen LogP contribution in [0.2, 0.25) is 5.02 Å². The van der Waals surface area contributed by atoms with Crippen molar-refractivity contribution in [2.75, 3.05) is 6.54 Å². The largest absolute Gasteiger partial charge is 0.288 e. The molecular formula is C11H9ClN2O4. The number of imide groups is 1. The summed E-state index contributed by atoms with van der Waals surface area (Å²) in [5.74, 6) is -0.769. The van der Waals surface area contributed by atoms with E-state index in [1.165, 1.54) is 12.1 Å². The minimum Gasteiger partial charge on any atom is -0.278 e. The number of rotatable bonds is 2. The van der Waals surface area contributed by atoms with Crippen molar-refractivity contribution in [1.82, 2.24) is 4.90 Å². The lowest BCUT2D eigenvalue weighted by Gasteiger charge is -2.13. The van der Waals surface area contributed by atoms with Gasteiger partial charge in [0.25, 0.3) is 11.6 Å². The lowest BCUT2D eigenvalue weighted by molar-refractivity contribution is -0.384. The highest BCUT2D eigenvalue weighted by molar-refractivity contribution is 6.32. The fourth-order valence-electron chi connectivity index (χ4n) is 1.80. The predicted molar refractivity (Wildman–Crippen MR) is 63.4 cm³/mol. The first-order valence-corrected chi connectivity index (χ1v) is 5.67. The second-order valence-corrected chi connectivity index (χ2v) is 4.28. The van der Waals surface area contributed by atoms with Crippen LogP contribution in [0.25, 0.3) is 0 Å². The Kier molecular flexibility index (Phi) is 3.29. The Bertz CT molecular complexity index is 544. The summed E-state index contributed by atoms with van der Waals surface area (Å²) in [6.07, 6.45) is 0.960. The van der Waals surface area contributed by atoms with Crippen LogP contribution in [0, 0.1) is 10.1 Å². The molecule has 1 aliphatic heterocycles. The zero-order chi connectivity index (χ0) is 13.3. The monoisotopic (exact) mass is 268 g/mol. The van der Waals surface area contributed by atoms with E-state index in [9.17, 15) is 19.7 Å². The minimum absolute atomic E-state index is 0.0377. The molecule has 0 atom stereocenters. The van der Waals surface area contributed by atoms with Crippen LogP contribution in [0.5, 0.6) is 0 Å². The van der Waals surface area contributed by atoms with Crippen LogP contribution in [-0.2, 0) is 4.79 Å². The molecule has 94 valence electrons. The number of amides is 2. The lowest BCUT2D eigenvalue weighted by Crippen LogP contribution is -2.31. The molecule has 1 aromatic carbocycles. The van der Waals surface area contributed by atoms with Crippen molar-refractivity contribution < 1.29 is 14.5 Å². The summed E-state index contributed by atoms with van der Waals surface area (Å²) in [4.78, 5) is 34.6. The number of likely N-dealkylation sites (tertiary alicyclic amines) is 1. The number of carbonyl (C=O) groups excluding carboxylic acids is 2. The number of nitro groups is 1. The van der Waals surface area contributed by atoms with E-state index in [1.54, 1.807) is 0 Å². The number of hydrogen-bond donors (Lipinski definition) is 0. The molecule has 2 rings (SSSR count). The Morgan fingerprint density at radius 2 is 2.17 bits per heavy atom. The molecule has 1 fully saturated rings. The third-order valence-electron chi connectivity index (χ3n) is 2.71. The normalized spacial score (nSPS) is 14.9. The summed E-state index contributed by atoms with van der Waals surface area (Å²) in [5, 5.41) is 10.7. The molecule has 6 nitrogen and oxygen atoms in total. The lowest BCUT2D eigenvalue weighted by atomic mass is 10.2. The number of carbonyl (C=O) groups is 2. The molecule has 0 saturated carbocycles. The molecule has 1 aromatic rings. The number of benzene rings is 1. The summed E-state index contributed by atoms with van der Waals surface area (Å²) >= 11 is 5.65. The number of hydrogen-bond acceptors (Lipinski definition) is 4. The Morgan fingerprint density at radius 3 is 2.72 bits per heavy atom. The third kappa shape index (κ3) is 2.19. The predicted octanol–water partition coefficient (Wildman–Crippen LogP) is 2.01. The van der Waals surface area contributed by atoms with Crippen LogP contribution in [0.1, 0.15) is 23.2 Å². The molecule has 0 unspecified atom stereocenters. The van der Waals surface area contributed by atoms with Gasteiger partial charge in [-0.25, -0.2) is 0 Å². The third-order valence-corrected chi connectivity index (χ3v) is 3.03. The van der Waals surface area contributed by atoms with Gasteiger partial charge in [0, 0.05) is 24.6 Å². The van der Waals surface area contributed by atoms with Crippen molar-refractivity contribution in [3.05, 3.63) is 38.9 Å². The first-order valence-electron chi connectivity index (χ1n) is 5.29. The van der Waals surface area contributed by atoms with Gasteiger partial charge in [0.05, 0.1) is 4.92 Å². The summed E-state index contributed by atoms with van der Waals surface area (Å²) in [6.45, 7) is 0.355. The molecule has 0 aliphatic carbocycles. The van der Waals surface area contributed by atoms with E-state index < -0.39 is 10.8 Å². The number of nitro benzene ring substituents is 1. The molecule has 1 aliphatic rings. The van der Waals surface area contributed by atoms with Gasteiger partial charge in [-0.15, -0.1) is 0 Å². The van der Waals surface area contributed by atoms with E-state index in [4.69, 9.17) is 11.6 Å². The van der Waals surface area contributed by atoms with Crippen molar-refractivity contribution in [2.45, 2.75) is 12.8 Å². The zero-order valence-corrected chi connectivity index (χ0v) is 10.0. The van der Waals surface area contributed by atoms with E-state index in [0.717, 1.165) is 11.0 Å². The van der Waals surface area contributed by atoms with E-state index in [1.807, 2.05) is 0 Å². The summed E-state index contributed by atoms with van der Waals surface area (Å²) < 4.78 is 0. The SMILES string of the molecule is O=C1CCCN1C(=O)c1ccc(Cl)c([N+](=O)[O-])c1. The summed E-state index contributed by atoms with van der Waals surface area (Å²) in [6, 6.07) is 3.76. The smallest absolute Gasteiger partial charge is 0.278 e. The molecule has 7 heteroatoms. The Balaban J connectivity index is 2.34. The fourth-order valence-corrected chi connectivity index (χ4v) is 1.99. The van der Waals surface area contributed by atoms with Crippen LogP contribution >= 0.6 is 11.6 Å². The summed E-state index contributed by atoms with van der Waals surface area (Å²) in [7, 11) is 0. The first kappa shape index (κ1) is 12.5. The van der Waals surface area contributed by atoms with Crippen molar-refractivity contribution in [3.8, 4) is 0 Å². The molecule has 1 heterocycles. The average molecular weight is 269 g/mol. The second kappa shape index (κ2) is 4.73. The maximum Gasteiger partial charge on any atom is 0.288 e. The van der Waals surface area contributed by atoms with Gasteiger partial charge in [0.2, 0.25) is 5.91 Å². The van der Waals surface area contributed by atoms with Crippen molar-refractivity contribution in [2.24, 2.45) is 0 Å². The van der Waals surface area contributed by atoms with Crippen LogP contribution in [0.3, 0.4) is 0 Å². The highest BCUT2D eigenvalue weighted by atomic mass is 35.5. The second-order valence-electron chi connectivity index (χ2n) is 3.88. The Labute approximate surface area is 107 Å². The molecular weight excluding hydrogens is 260 g/mol. The van der Waals surface area contributed by atoms with E-state index in [-0.39, 0.29) is 22.2 Å². The molecule has 18 heavy (non-hydrogen) atoms. The van der Waals surface area contributed by atoms with Crippen LogP contribution in [-0.4, -0.2) is 28.2 Å². The van der Waals surface area contributed by atoms with Gasteiger partial charge in [-0.3, -0.25) is 24.6 Å². The molecule has 0 N–H and O–H groups in total. The number of nitrogens with zero attached hydrogens (tertiary/aromatic N) is 2. The van der Waals surface area contributed by atoms with Gasteiger partial charge >= 0.3 is 0 Å². The van der Waals surface area contributed by atoms with Crippen LogP contribution in [0.4, 0.5) is 5.69 Å². The van der Waals surface area contributed by atoms with Crippen molar-refractivity contribution >= 4 is 29.1 Å². The minimum atomic E-state index is -0.662. The van der Waals surface area contributed by atoms with E-state index in [2.05, 4.69) is 0 Å². The van der Waals surface area contributed by atoms with Crippen LogP contribution in [0.15, 0.2) is 18.2 Å². The molecule has 0 radical (unpaired) electrons.